The molecule has 1 aromatic rings. The molecule has 0 heterocycles. The van der Waals surface area contributed by atoms with E-state index in [2.05, 4.69) is 5.32 Å². The van der Waals surface area contributed by atoms with Gasteiger partial charge in [-0.2, -0.15) is 0 Å². The van der Waals surface area contributed by atoms with E-state index in [1.165, 1.54) is 12.1 Å². The number of hydrogen-bond donors (Lipinski definition) is 2. The van der Waals surface area contributed by atoms with E-state index >= 15 is 0 Å². The SMILES string of the molecule is NC(=S)c1cc(F)c(NC(C2CC2)C2CC2)c(F)c1. The van der Waals surface area contributed by atoms with Gasteiger partial charge in [0.2, 0.25) is 0 Å². The average Bonchev–Trinajstić information content (AvgIpc) is 3.21. The van der Waals surface area contributed by atoms with Crippen molar-refractivity contribution in [2.24, 2.45) is 17.6 Å². The zero-order valence-electron chi connectivity index (χ0n) is 10.5. The molecule has 2 fully saturated rings. The van der Waals surface area contributed by atoms with Crippen LogP contribution in [0.2, 0.25) is 0 Å². The Morgan fingerprint density at radius 2 is 1.63 bits per heavy atom. The van der Waals surface area contributed by atoms with Gasteiger partial charge in [-0.25, -0.2) is 8.78 Å². The van der Waals surface area contributed by atoms with E-state index in [0.717, 1.165) is 25.7 Å². The Hall–Kier alpha value is -1.23. The maximum absolute atomic E-state index is 14.0. The highest BCUT2D eigenvalue weighted by molar-refractivity contribution is 7.80. The van der Waals surface area contributed by atoms with Crippen LogP contribution < -0.4 is 11.1 Å². The molecule has 3 rings (SSSR count). The van der Waals surface area contributed by atoms with Crippen molar-refractivity contribution in [3.63, 3.8) is 0 Å². The van der Waals surface area contributed by atoms with Crippen LogP contribution >= 0.6 is 12.2 Å². The second kappa shape index (κ2) is 4.71. The lowest BCUT2D eigenvalue weighted by Crippen LogP contribution is -2.25. The molecule has 0 amide bonds. The Labute approximate surface area is 116 Å². The highest BCUT2D eigenvalue weighted by Gasteiger charge is 2.42. The summed E-state index contributed by atoms with van der Waals surface area (Å²) in [6, 6.07) is 2.61. The summed E-state index contributed by atoms with van der Waals surface area (Å²) in [5.41, 5.74) is 5.59. The van der Waals surface area contributed by atoms with Gasteiger partial charge in [0, 0.05) is 11.6 Å². The van der Waals surface area contributed by atoms with Crippen LogP contribution in [0, 0.1) is 23.5 Å². The van der Waals surface area contributed by atoms with Crippen molar-refractivity contribution in [3.05, 3.63) is 29.3 Å². The van der Waals surface area contributed by atoms with Crippen molar-refractivity contribution in [2.75, 3.05) is 5.32 Å². The van der Waals surface area contributed by atoms with E-state index in [-0.39, 0.29) is 22.3 Å². The van der Waals surface area contributed by atoms with Crippen LogP contribution in [0.4, 0.5) is 14.5 Å². The fourth-order valence-electron chi connectivity index (χ4n) is 2.55. The summed E-state index contributed by atoms with van der Waals surface area (Å²) >= 11 is 4.74. The molecule has 2 aliphatic rings. The molecule has 5 heteroatoms. The molecule has 0 spiro atoms. The van der Waals surface area contributed by atoms with Crippen molar-refractivity contribution < 1.29 is 8.78 Å². The summed E-state index contributed by atoms with van der Waals surface area (Å²) in [5, 5.41) is 3.07. The molecule has 0 aliphatic heterocycles. The largest absolute Gasteiger partial charge is 0.389 e. The quantitative estimate of drug-likeness (QED) is 0.815. The Morgan fingerprint density at radius 1 is 1.16 bits per heavy atom. The lowest BCUT2D eigenvalue weighted by atomic mass is 10.1. The second-order valence-corrected chi connectivity index (χ2v) is 5.96. The lowest BCUT2D eigenvalue weighted by Gasteiger charge is -2.20. The van der Waals surface area contributed by atoms with Crippen molar-refractivity contribution in [1.82, 2.24) is 0 Å². The predicted molar refractivity (Wildman–Crippen MR) is 75.1 cm³/mol. The molecule has 19 heavy (non-hydrogen) atoms. The normalized spacial score (nSPS) is 18.7. The van der Waals surface area contributed by atoms with Crippen LogP contribution in [0.25, 0.3) is 0 Å². The van der Waals surface area contributed by atoms with Crippen molar-refractivity contribution >= 4 is 22.9 Å². The first-order valence-corrected chi connectivity index (χ1v) is 7.02. The number of nitrogens with one attached hydrogen (secondary N) is 1. The van der Waals surface area contributed by atoms with E-state index < -0.39 is 11.6 Å². The molecule has 0 aromatic heterocycles. The summed E-state index contributed by atoms with van der Waals surface area (Å²) in [5.74, 6) is -0.0914. The van der Waals surface area contributed by atoms with Crippen LogP contribution in [0.5, 0.6) is 0 Å². The molecule has 0 radical (unpaired) electrons. The number of rotatable bonds is 5. The minimum atomic E-state index is -0.617. The zero-order chi connectivity index (χ0) is 13.6. The van der Waals surface area contributed by atoms with Crippen molar-refractivity contribution in [3.8, 4) is 0 Å². The summed E-state index contributed by atoms with van der Waals surface area (Å²) in [6.45, 7) is 0. The molecular weight excluding hydrogens is 266 g/mol. The molecule has 0 bridgehead atoms. The van der Waals surface area contributed by atoms with Gasteiger partial charge in [0.05, 0.1) is 0 Å². The first-order valence-electron chi connectivity index (χ1n) is 6.61. The third-order valence-electron chi connectivity index (χ3n) is 3.90. The van der Waals surface area contributed by atoms with Gasteiger partial charge in [0.1, 0.15) is 22.3 Å². The fraction of sp³-hybridized carbons (Fsp3) is 0.500. The van der Waals surface area contributed by atoms with Gasteiger partial charge in [-0.15, -0.1) is 0 Å². The van der Waals surface area contributed by atoms with Gasteiger partial charge in [-0.1, -0.05) is 12.2 Å². The molecule has 0 atom stereocenters. The van der Waals surface area contributed by atoms with E-state index in [1.54, 1.807) is 0 Å². The predicted octanol–water partition coefficient (Wildman–Crippen LogP) is 3.20. The maximum atomic E-state index is 14.0. The topological polar surface area (TPSA) is 38.0 Å². The molecule has 0 unspecified atom stereocenters. The number of nitrogens with two attached hydrogens (primary N) is 1. The van der Waals surface area contributed by atoms with E-state index in [0.29, 0.717) is 11.8 Å². The van der Waals surface area contributed by atoms with Gasteiger partial charge in [-0.3, -0.25) is 0 Å². The average molecular weight is 282 g/mol. The summed E-state index contributed by atoms with van der Waals surface area (Å²) < 4.78 is 28.0. The molecule has 2 nitrogen and oxygen atoms in total. The highest BCUT2D eigenvalue weighted by Crippen LogP contribution is 2.46. The number of benzene rings is 1. The summed E-state index contributed by atoms with van der Waals surface area (Å²) in [7, 11) is 0. The van der Waals surface area contributed by atoms with E-state index in [1.807, 2.05) is 0 Å². The zero-order valence-corrected chi connectivity index (χ0v) is 11.3. The summed E-state index contributed by atoms with van der Waals surface area (Å²) in [6.07, 6.45) is 4.62. The molecule has 2 aliphatic carbocycles. The highest BCUT2D eigenvalue weighted by atomic mass is 32.1. The van der Waals surface area contributed by atoms with Gasteiger partial charge < -0.3 is 11.1 Å². The van der Waals surface area contributed by atoms with Gasteiger partial charge in [-0.05, 0) is 49.7 Å². The van der Waals surface area contributed by atoms with E-state index in [9.17, 15) is 8.78 Å². The Bertz CT molecular complexity index is 489. The monoisotopic (exact) mass is 282 g/mol. The van der Waals surface area contributed by atoms with Gasteiger partial charge in [0.25, 0.3) is 0 Å². The summed E-state index contributed by atoms with van der Waals surface area (Å²) in [4.78, 5) is 0.00489. The maximum Gasteiger partial charge on any atom is 0.150 e. The van der Waals surface area contributed by atoms with Crippen LogP contribution in [0.15, 0.2) is 12.1 Å². The Morgan fingerprint density at radius 3 is 2.00 bits per heavy atom. The first kappa shape index (κ1) is 12.8. The standard InChI is InChI=1S/C14H16F2N2S/c15-10-5-9(14(17)19)6-11(16)13(10)18-12(7-1-2-7)8-3-4-8/h5-8,12,18H,1-4H2,(H2,17,19). The second-order valence-electron chi connectivity index (χ2n) is 5.52. The van der Waals surface area contributed by atoms with Crippen molar-refractivity contribution in [2.45, 2.75) is 31.7 Å². The van der Waals surface area contributed by atoms with Gasteiger partial charge >= 0.3 is 0 Å². The Kier molecular flexibility index (Phi) is 3.17. The molecule has 3 N–H and O–H groups in total. The number of thiocarbonyl (C=S) groups is 1. The molecule has 0 saturated heterocycles. The minimum absolute atomic E-state index is 0.00489. The van der Waals surface area contributed by atoms with Crippen LogP contribution in [-0.2, 0) is 0 Å². The van der Waals surface area contributed by atoms with Crippen LogP contribution in [0.1, 0.15) is 31.2 Å². The van der Waals surface area contributed by atoms with Crippen LogP contribution in [-0.4, -0.2) is 11.0 Å². The Balaban J connectivity index is 1.85. The third-order valence-corrected chi connectivity index (χ3v) is 4.13. The third kappa shape index (κ3) is 2.71. The molecule has 1 aromatic carbocycles. The first-order chi connectivity index (χ1) is 9.06. The van der Waals surface area contributed by atoms with Gasteiger partial charge in [0.15, 0.2) is 0 Å². The smallest absolute Gasteiger partial charge is 0.150 e. The number of halogens is 2. The number of hydrogen-bond acceptors (Lipinski definition) is 2. The molecule has 102 valence electrons. The lowest BCUT2D eigenvalue weighted by molar-refractivity contribution is 0.540. The molecule has 2 saturated carbocycles. The minimum Gasteiger partial charge on any atom is -0.389 e. The molecular formula is C14H16F2N2S. The van der Waals surface area contributed by atoms with Crippen LogP contribution in [0.3, 0.4) is 0 Å². The van der Waals surface area contributed by atoms with E-state index in [4.69, 9.17) is 18.0 Å². The number of anilines is 1. The van der Waals surface area contributed by atoms with Crippen molar-refractivity contribution in [1.29, 1.82) is 0 Å². The fourth-order valence-corrected chi connectivity index (χ4v) is 2.67.